The fourth-order valence-electron chi connectivity index (χ4n) is 2.77. The Morgan fingerprint density at radius 3 is 2.89 bits per heavy atom. The highest BCUT2D eigenvalue weighted by atomic mass is 16.6. The lowest BCUT2D eigenvalue weighted by Crippen LogP contribution is -2.36. The maximum atomic E-state index is 12.1. The Hall–Kier alpha value is -1.77. The zero-order valence-electron chi connectivity index (χ0n) is 10.3. The van der Waals surface area contributed by atoms with Crippen molar-refractivity contribution in [3.8, 4) is 0 Å². The van der Waals surface area contributed by atoms with Crippen LogP contribution < -0.4 is 0 Å². The van der Waals surface area contributed by atoms with Gasteiger partial charge in [0.25, 0.3) is 0 Å². The van der Waals surface area contributed by atoms with Crippen LogP contribution in [0.5, 0.6) is 0 Å². The Morgan fingerprint density at radius 2 is 2.11 bits per heavy atom. The van der Waals surface area contributed by atoms with E-state index in [-0.39, 0.29) is 6.09 Å². The van der Waals surface area contributed by atoms with Gasteiger partial charge in [0, 0.05) is 11.7 Å². The molecule has 0 N–H and O–H groups in total. The molecule has 94 valence electrons. The number of hydrogen-bond acceptors (Lipinski definition) is 2. The quantitative estimate of drug-likeness (QED) is 0.796. The van der Waals surface area contributed by atoms with E-state index in [1.165, 1.54) is 0 Å². The summed E-state index contributed by atoms with van der Waals surface area (Å²) >= 11 is 0. The summed E-state index contributed by atoms with van der Waals surface area (Å²) in [5.74, 6) is 0. The molecule has 2 aliphatic rings. The highest BCUT2D eigenvalue weighted by molar-refractivity contribution is 5.71. The van der Waals surface area contributed by atoms with Crippen molar-refractivity contribution >= 4 is 6.09 Å². The number of benzene rings is 1. The summed E-state index contributed by atoms with van der Waals surface area (Å²) in [5.41, 5.74) is 2.19. The minimum absolute atomic E-state index is 0.188. The minimum atomic E-state index is -0.188. The van der Waals surface area contributed by atoms with Crippen molar-refractivity contribution in [2.75, 3.05) is 0 Å². The number of allylic oxidation sites excluding steroid dienone is 2. The molecule has 1 atom stereocenters. The summed E-state index contributed by atoms with van der Waals surface area (Å²) in [6.07, 6.45) is 6.27. The second-order valence-electron chi connectivity index (χ2n) is 4.88. The normalized spacial score (nSPS) is 21.7. The third-order valence-corrected chi connectivity index (χ3v) is 3.69. The monoisotopic (exact) mass is 243 g/mol. The Labute approximate surface area is 107 Å². The molecule has 2 aliphatic heterocycles. The summed E-state index contributed by atoms with van der Waals surface area (Å²) in [7, 11) is 0. The molecular weight excluding hydrogens is 226 g/mol. The first-order chi connectivity index (χ1) is 8.84. The molecule has 0 spiro atoms. The van der Waals surface area contributed by atoms with Crippen molar-refractivity contribution in [2.24, 2.45) is 0 Å². The van der Waals surface area contributed by atoms with E-state index in [0.29, 0.717) is 12.6 Å². The first-order valence-corrected chi connectivity index (χ1v) is 6.53. The van der Waals surface area contributed by atoms with E-state index in [9.17, 15) is 4.79 Å². The van der Waals surface area contributed by atoms with Crippen LogP contribution in [0, 0.1) is 0 Å². The molecule has 2 bridgehead atoms. The zero-order valence-corrected chi connectivity index (χ0v) is 10.3. The number of nitrogens with zero attached hydrogens (tertiary/aromatic N) is 1. The summed E-state index contributed by atoms with van der Waals surface area (Å²) < 4.78 is 5.39. The van der Waals surface area contributed by atoms with Crippen LogP contribution in [0.15, 0.2) is 42.1 Å². The average Bonchev–Trinajstić information content (AvgIpc) is 2.67. The van der Waals surface area contributed by atoms with Gasteiger partial charge in [-0.25, -0.2) is 4.79 Å². The number of carbonyl (C=O) groups excluding carboxylic acids is 1. The number of rotatable bonds is 2. The molecule has 1 aromatic carbocycles. The summed E-state index contributed by atoms with van der Waals surface area (Å²) in [6, 6.07) is 10.2. The molecule has 0 aliphatic carbocycles. The molecule has 3 heteroatoms. The second-order valence-corrected chi connectivity index (χ2v) is 4.88. The number of hydrogen-bond donors (Lipinski definition) is 0. The fraction of sp³-hybridized carbons (Fsp3) is 0.400. The molecule has 0 radical (unpaired) electrons. The van der Waals surface area contributed by atoms with Gasteiger partial charge in [-0.3, -0.25) is 4.90 Å². The van der Waals surface area contributed by atoms with E-state index in [2.05, 4.69) is 6.08 Å². The predicted octanol–water partition coefficient (Wildman–Crippen LogP) is 3.47. The van der Waals surface area contributed by atoms with Gasteiger partial charge in [0.05, 0.1) is 0 Å². The Kier molecular flexibility index (Phi) is 3.05. The molecule has 1 aromatic rings. The molecule has 1 fully saturated rings. The molecule has 3 nitrogen and oxygen atoms in total. The zero-order chi connectivity index (χ0) is 12.4. The smallest absolute Gasteiger partial charge is 0.414 e. The van der Waals surface area contributed by atoms with Crippen molar-refractivity contribution in [2.45, 2.75) is 38.3 Å². The highest BCUT2D eigenvalue weighted by Crippen LogP contribution is 2.35. The molecule has 18 heavy (non-hydrogen) atoms. The topological polar surface area (TPSA) is 29.5 Å². The lowest BCUT2D eigenvalue weighted by molar-refractivity contribution is 0.0974. The van der Waals surface area contributed by atoms with Crippen LogP contribution in [-0.2, 0) is 11.3 Å². The van der Waals surface area contributed by atoms with Crippen molar-refractivity contribution in [1.29, 1.82) is 0 Å². The third kappa shape index (κ3) is 2.13. The maximum Gasteiger partial charge on any atom is 0.414 e. The molecule has 0 aromatic heterocycles. The number of amides is 1. The van der Waals surface area contributed by atoms with E-state index >= 15 is 0 Å². The van der Waals surface area contributed by atoms with Gasteiger partial charge in [-0.2, -0.15) is 0 Å². The molecule has 1 unspecified atom stereocenters. The van der Waals surface area contributed by atoms with E-state index in [1.54, 1.807) is 0 Å². The molecule has 1 amide bonds. The number of ether oxygens (including phenoxy) is 1. The standard InChI is InChI=1S/C15H17NO2/c17-15(18-11-12-5-2-1-3-6-12)16-13-7-4-8-14(16)10-9-13/h1-3,5-7,14H,4,8-11H2. The summed E-state index contributed by atoms with van der Waals surface area (Å²) in [5, 5.41) is 0. The summed E-state index contributed by atoms with van der Waals surface area (Å²) in [4.78, 5) is 13.9. The Morgan fingerprint density at radius 1 is 1.28 bits per heavy atom. The minimum Gasteiger partial charge on any atom is -0.444 e. The van der Waals surface area contributed by atoms with E-state index in [0.717, 1.165) is 36.9 Å². The van der Waals surface area contributed by atoms with E-state index in [4.69, 9.17) is 4.74 Å². The molecule has 0 saturated carbocycles. The van der Waals surface area contributed by atoms with Gasteiger partial charge in [-0.1, -0.05) is 36.4 Å². The molecule has 1 saturated heterocycles. The van der Waals surface area contributed by atoms with E-state index in [1.807, 2.05) is 35.2 Å². The van der Waals surface area contributed by atoms with Crippen LogP contribution in [0.25, 0.3) is 0 Å². The SMILES string of the molecule is O=C(OCc1ccccc1)N1C2=CCCC1CC2. The lowest BCUT2D eigenvalue weighted by atomic mass is 10.1. The van der Waals surface area contributed by atoms with Gasteiger partial charge < -0.3 is 4.74 Å². The highest BCUT2D eigenvalue weighted by Gasteiger charge is 2.35. The molecule has 2 heterocycles. The lowest BCUT2D eigenvalue weighted by Gasteiger charge is -2.28. The van der Waals surface area contributed by atoms with Crippen molar-refractivity contribution < 1.29 is 9.53 Å². The number of fused-ring (bicyclic) bond motifs is 2. The summed E-state index contributed by atoms with van der Waals surface area (Å²) in [6.45, 7) is 0.357. The van der Waals surface area contributed by atoms with Crippen LogP contribution in [0.2, 0.25) is 0 Å². The molecular formula is C15H17NO2. The Bertz CT molecular complexity index is 465. The largest absolute Gasteiger partial charge is 0.444 e. The van der Waals surface area contributed by atoms with Crippen molar-refractivity contribution in [1.82, 2.24) is 4.90 Å². The second kappa shape index (κ2) is 4.84. The van der Waals surface area contributed by atoms with Gasteiger partial charge in [-0.05, 0) is 31.2 Å². The van der Waals surface area contributed by atoms with Crippen LogP contribution in [-0.4, -0.2) is 17.0 Å². The Balaban J connectivity index is 1.62. The van der Waals surface area contributed by atoms with Crippen LogP contribution in [0.4, 0.5) is 4.79 Å². The molecule has 3 rings (SSSR count). The van der Waals surface area contributed by atoms with Crippen molar-refractivity contribution in [3.05, 3.63) is 47.7 Å². The van der Waals surface area contributed by atoms with Gasteiger partial charge in [0.2, 0.25) is 0 Å². The van der Waals surface area contributed by atoms with Gasteiger partial charge in [0.15, 0.2) is 0 Å². The van der Waals surface area contributed by atoms with Crippen LogP contribution >= 0.6 is 0 Å². The van der Waals surface area contributed by atoms with Crippen LogP contribution in [0.3, 0.4) is 0 Å². The first kappa shape index (κ1) is 11.3. The number of carbonyl (C=O) groups is 1. The first-order valence-electron chi connectivity index (χ1n) is 6.53. The van der Waals surface area contributed by atoms with E-state index < -0.39 is 0 Å². The fourth-order valence-corrected chi connectivity index (χ4v) is 2.77. The average molecular weight is 243 g/mol. The van der Waals surface area contributed by atoms with Gasteiger partial charge in [-0.15, -0.1) is 0 Å². The predicted molar refractivity (Wildman–Crippen MR) is 68.8 cm³/mol. The van der Waals surface area contributed by atoms with Gasteiger partial charge >= 0.3 is 6.09 Å². The van der Waals surface area contributed by atoms with Crippen molar-refractivity contribution in [3.63, 3.8) is 0 Å². The van der Waals surface area contributed by atoms with Gasteiger partial charge in [0.1, 0.15) is 6.61 Å². The maximum absolute atomic E-state index is 12.1. The third-order valence-electron chi connectivity index (χ3n) is 3.69. The van der Waals surface area contributed by atoms with Crippen LogP contribution in [0.1, 0.15) is 31.2 Å².